The van der Waals surface area contributed by atoms with E-state index >= 15 is 0 Å². The fourth-order valence-electron chi connectivity index (χ4n) is 9.50. The van der Waals surface area contributed by atoms with Crippen molar-refractivity contribution in [3.05, 3.63) is 225 Å². The van der Waals surface area contributed by atoms with E-state index in [0.29, 0.717) is 21.8 Å². The summed E-state index contributed by atoms with van der Waals surface area (Å²) < 4.78 is 67.2. The van der Waals surface area contributed by atoms with Crippen molar-refractivity contribution in [1.29, 1.82) is 0 Å². The number of halogens is 1. The van der Waals surface area contributed by atoms with Crippen LogP contribution in [0, 0.1) is 20.2 Å². The average molecular weight is 1110 g/mol. The lowest BCUT2D eigenvalue weighted by Crippen LogP contribution is -2.24. The van der Waals surface area contributed by atoms with Crippen LogP contribution in [0.1, 0.15) is 42.4 Å². The Bertz CT molecular complexity index is 3480. The van der Waals surface area contributed by atoms with Gasteiger partial charge in [0.2, 0.25) is 0 Å². The summed E-state index contributed by atoms with van der Waals surface area (Å²) in [5.74, 6) is 0.645. The van der Waals surface area contributed by atoms with Gasteiger partial charge in [0.15, 0.2) is 19.7 Å². The molecule has 3 heterocycles. The van der Waals surface area contributed by atoms with E-state index in [-0.39, 0.29) is 39.3 Å². The highest BCUT2D eigenvalue weighted by atomic mass is 35.5. The molecular formula is C60H61ClN4O11S2. The van der Waals surface area contributed by atoms with Crippen LogP contribution in [0.3, 0.4) is 0 Å². The van der Waals surface area contributed by atoms with E-state index < -0.39 is 35.3 Å². The van der Waals surface area contributed by atoms with Gasteiger partial charge in [0.05, 0.1) is 25.4 Å². The van der Waals surface area contributed by atoms with Crippen molar-refractivity contribution in [2.45, 2.75) is 66.5 Å². The van der Waals surface area contributed by atoms with Gasteiger partial charge in [0.1, 0.15) is 28.9 Å². The molecule has 0 saturated carbocycles. The molecule has 18 heteroatoms. The molecule has 3 fully saturated rings. The Morgan fingerprint density at radius 1 is 0.538 bits per heavy atom. The summed E-state index contributed by atoms with van der Waals surface area (Å²) in [4.78, 5) is 26.5. The predicted molar refractivity (Wildman–Crippen MR) is 304 cm³/mol. The lowest BCUT2D eigenvalue weighted by atomic mass is 10.1. The van der Waals surface area contributed by atoms with Crippen LogP contribution >= 0.6 is 11.6 Å². The largest absolute Gasteiger partial charge is 0.489 e. The quantitative estimate of drug-likeness (QED) is 0.0536. The Morgan fingerprint density at radius 2 is 1.00 bits per heavy atom. The number of alkyl halides is 1. The Kier molecular flexibility index (Phi) is 20.0. The molecule has 0 bridgehead atoms. The zero-order valence-corrected chi connectivity index (χ0v) is 45.3. The van der Waals surface area contributed by atoms with Crippen LogP contribution in [0.25, 0.3) is 21.5 Å². The summed E-state index contributed by atoms with van der Waals surface area (Å²) in [6, 6.07) is 56.1. The van der Waals surface area contributed by atoms with Crippen molar-refractivity contribution in [2.75, 3.05) is 44.6 Å². The van der Waals surface area contributed by atoms with Crippen LogP contribution in [-0.4, -0.2) is 93.3 Å². The molecule has 15 nitrogen and oxygen atoms in total. The van der Waals surface area contributed by atoms with E-state index in [1.165, 1.54) is 48.2 Å². The Morgan fingerprint density at radius 3 is 1.47 bits per heavy atom. The van der Waals surface area contributed by atoms with Gasteiger partial charge in [-0.1, -0.05) is 133 Å². The highest BCUT2D eigenvalue weighted by Crippen LogP contribution is 2.32. The van der Waals surface area contributed by atoms with Gasteiger partial charge in [0.25, 0.3) is 11.4 Å². The molecule has 78 heavy (non-hydrogen) atoms. The van der Waals surface area contributed by atoms with E-state index in [9.17, 15) is 37.1 Å². The maximum atomic E-state index is 13.4. The second-order valence-electron chi connectivity index (χ2n) is 19.1. The number of hydrogen-bond donors (Lipinski definition) is 0. The van der Waals surface area contributed by atoms with Gasteiger partial charge in [-0.2, -0.15) is 0 Å². The topological polar surface area (TPSA) is 189 Å². The maximum absolute atomic E-state index is 13.4. The fourth-order valence-corrected chi connectivity index (χ4v) is 12.4. The lowest BCUT2D eigenvalue weighted by molar-refractivity contribution is -0.385. The molecule has 2 unspecified atom stereocenters. The number of nitrogens with zero attached hydrogens (tertiary/aromatic N) is 4. The highest BCUT2D eigenvalue weighted by molar-refractivity contribution is 7.92. The van der Waals surface area contributed by atoms with Crippen molar-refractivity contribution in [3.8, 4) is 11.5 Å². The first-order chi connectivity index (χ1) is 37.7. The minimum Gasteiger partial charge on any atom is -0.489 e. The third-order valence-corrected chi connectivity index (χ3v) is 17.2. The van der Waals surface area contributed by atoms with Crippen molar-refractivity contribution in [1.82, 2.24) is 9.80 Å². The normalized spacial score (nSPS) is 16.5. The smallest absolute Gasteiger partial charge is 0.273 e. The standard InChI is InChI=1S/C28H26N2O5S.C17H18N2O3.C11H9ClO2S.C4H8O/c31-30(32)27-14-13-24(35-25-15-16-29(19-25)18-21-7-2-1-3-8-21)17-23(27)20-36(33,34)28-12-6-10-22-9-4-5-11-26(22)28;20-19(21)15-6-8-16(9-7-15)22-17-10-11-18(13-17)12-14-4-2-1-3-5-14;12-8-15(13,14)11-7-3-5-9-4-1-2-6-10(9)11;1-2-4-5-3-1/h1-14,17,25H,15-16,18-20H2;1-9,17H,10-13H2;1-7H,8H2;1-4H2. The molecule has 0 amide bonds. The first-order valence-electron chi connectivity index (χ1n) is 25.7. The van der Waals surface area contributed by atoms with Gasteiger partial charge in [-0.05, 0) is 84.0 Å². The number of ether oxygens (including phenoxy) is 3. The molecule has 3 aliphatic heterocycles. The fraction of sp³-hybridized carbons (Fsp3) is 0.267. The molecule has 3 saturated heterocycles. The Balaban J connectivity index is 0.000000161. The summed E-state index contributed by atoms with van der Waals surface area (Å²) in [5, 5.41) is 25.0. The third-order valence-electron chi connectivity index (χ3n) is 13.3. The third kappa shape index (κ3) is 15.9. The number of benzene rings is 8. The van der Waals surface area contributed by atoms with Crippen molar-refractivity contribution >= 4 is 64.2 Å². The van der Waals surface area contributed by atoms with Gasteiger partial charge in [-0.15, -0.1) is 11.6 Å². The van der Waals surface area contributed by atoms with E-state index in [4.69, 9.17) is 25.8 Å². The molecule has 0 aliphatic carbocycles. The summed E-state index contributed by atoms with van der Waals surface area (Å²) in [7, 11) is -7.21. The minimum atomic E-state index is -3.85. The summed E-state index contributed by atoms with van der Waals surface area (Å²) in [6.45, 7) is 7.26. The van der Waals surface area contributed by atoms with E-state index in [2.05, 4.69) is 46.2 Å². The van der Waals surface area contributed by atoms with Gasteiger partial charge < -0.3 is 14.2 Å². The highest BCUT2D eigenvalue weighted by Gasteiger charge is 2.28. The minimum absolute atomic E-state index is 0.0716. The molecule has 2 atom stereocenters. The number of nitro benzene ring substituents is 2. The predicted octanol–water partition coefficient (Wildman–Crippen LogP) is 12.2. The monoisotopic (exact) mass is 1110 g/mol. The van der Waals surface area contributed by atoms with Gasteiger partial charge >= 0.3 is 0 Å². The number of likely N-dealkylation sites (tertiary alicyclic amines) is 2. The second kappa shape index (κ2) is 27.4. The van der Waals surface area contributed by atoms with E-state index in [0.717, 1.165) is 81.5 Å². The van der Waals surface area contributed by atoms with Crippen molar-refractivity contribution in [2.24, 2.45) is 0 Å². The van der Waals surface area contributed by atoms with Crippen LogP contribution < -0.4 is 9.47 Å². The van der Waals surface area contributed by atoms with Crippen LogP contribution in [0.2, 0.25) is 0 Å². The summed E-state index contributed by atoms with van der Waals surface area (Å²) >= 11 is 5.44. The van der Waals surface area contributed by atoms with E-state index in [1.54, 1.807) is 60.7 Å². The molecule has 3 aliphatic rings. The number of nitro groups is 2. The molecule has 8 aromatic carbocycles. The molecule has 8 aromatic rings. The Labute approximate surface area is 460 Å². The molecule has 11 rings (SSSR count). The number of rotatable bonds is 15. The van der Waals surface area contributed by atoms with Gasteiger partial charge in [0, 0.05) is 87.0 Å². The molecule has 0 aromatic heterocycles. The van der Waals surface area contributed by atoms with Crippen LogP contribution in [-0.2, 0) is 43.3 Å². The summed E-state index contributed by atoms with van der Waals surface area (Å²) in [5.41, 5.74) is 2.50. The molecular weight excluding hydrogens is 1050 g/mol. The second-order valence-corrected chi connectivity index (χ2v) is 23.6. The average Bonchev–Trinajstić information content (AvgIpc) is 4.31. The Hall–Kier alpha value is -7.25. The molecule has 0 spiro atoms. The lowest BCUT2D eigenvalue weighted by Gasteiger charge is -2.17. The number of hydrogen-bond acceptors (Lipinski definition) is 13. The number of fused-ring (bicyclic) bond motifs is 2. The molecule has 406 valence electrons. The van der Waals surface area contributed by atoms with Crippen LogP contribution in [0.5, 0.6) is 11.5 Å². The van der Waals surface area contributed by atoms with Crippen molar-refractivity contribution < 1.29 is 40.9 Å². The van der Waals surface area contributed by atoms with Crippen molar-refractivity contribution in [3.63, 3.8) is 0 Å². The van der Waals surface area contributed by atoms with Gasteiger partial charge in [-0.3, -0.25) is 30.0 Å². The zero-order valence-electron chi connectivity index (χ0n) is 42.9. The first kappa shape index (κ1) is 56.9. The molecule has 0 N–H and O–H groups in total. The van der Waals surface area contributed by atoms with Crippen LogP contribution in [0.15, 0.2) is 198 Å². The SMILES string of the molecule is C1CCOC1.O=S(=O)(CCl)c1cccc2ccccc12.O=[N+]([O-])c1ccc(OC2CCN(Cc3ccccc3)C2)cc1.O=[N+]([O-])c1ccc(OC2CCN(Cc3ccccc3)C2)cc1CS(=O)(=O)c1cccc2ccccc12. The molecule has 0 radical (unpaired) electrons. The van der Waals surface area contributed by atoms with E-state index in [1.807, 2.05) is 66.7 Å². The van der Waals surface area contributed by atoms with Gasteiger partial charge in [-0.25, -0.2) is 16.8 Å². The first-order valence-corrected chi connectivity index (χ1v) is 29.5. The zero-order chi connectivity index (χ0) is 54.9. The summed E-state index contributed by atoms with van der Waals surface area (Å²) in [6.07, 6.45) is 4.43. The maximum Gasteiger partial charge on any atom is 0.273 e. The van der Waals surface area contributed by atoms with Crippen LogP contribution in [0.4, 0.5) is 11.4 Å². The number of sulfone groups is 2. The number of non-ortho nitro benzene ring substituents is 1.